The number of carbonyl (C=O) groups excluding carboxylic acids is 1. The Labute approximate surface area is 337 Å². The van der Waals surface area contributed by atoms with Gasteiger partial charge in [-0.25, -0.2) is 0 Å². The molecule has 3 atom stereocenters. The van der Waals surface area contributed by atoms with E-state index >= 15 is 0 Å². The molecule has 3 unspecified atom stereocenters. The van der Waals surface area contributed by atoms with Crippen molar-refractivity contribution in [2.45, 2.75) is 88.4 Å². The minimum Gasteiger partial charge on any atom is -0.480 e. The molecule has 16 nitrogen and oxygen atoms in total. The van der Waals surface area contributed by atoms with Gasteiger partial charge in [0.2, 0.25) is 0 Å². The van der Waals surface area contributed by atoms with Crippen LogP contribution in [0, 0.1) is 0 Å². The van der Waals surface area contributed by atoms with Crippen LogP contribution in [0.25, 0.3) is 0 Å². The fraction of sp³-hybridized carbons (Fsp3) is 0.476. The smallest absolute Gasteiger partial charge is 0.320 e. The van der Waals surface area contributed by atoms with E-state index in [4.69, 9.17) is 60.9 Å². The first-order valence-electron chi connectivity index (χ1n) is 19.3. The Balaban J connectivity index is 0.000000193. The van der Waals surface area contributed by atoms with Crippen molar-refractivity contribution in [2.75, 3.05) is 39.6 Å². The molecule has 6 rings (SSSR count). The summed E-state index contributed by atoms with van der Waals surface area (Å²) >= 11 is 0. The van der Waals surface area contributed by atoms with Gasteiger partial charge in [0.25, 0.3) is 0 Å². The average Bonchev–Trinajstić information content (AvgIpc) is 4.04. The summed E-state index contributed by atoms with van der Waals surface area (Å²) in [5.74, 6) is -3.05. The summed E-state index contributed by atoms with van der Waals surface area (Å²) in [6.45, 7) is 3.74. The lowest BCUT2D eigenvalue weighted by molar-refractivity contribution is -0.139. The number of carbonyl (C=O) groups is 4. The topological polar surface area (TPSA) is 262 Å². The highest BCUT2D eigenvalue weighted by Gasteiger charge is 2.21. The van der Waals surface area contributed by atoms with Crippen LogP contribution in [0.4, 0.5) is 0 Å². The van der Waals surface area contributed by atoms with E-state index in [9.17, 15) is 19.2 Å². The molecule has 0 aromatic heterocycles. The molecule has 3 aliphatic rings. The van der Waals surface area contributed by atoms with Gasteiger partial charge in [-0.15, -0.1) is 0 Å². The summed E-state index contributed by atoms with van der Waals surface area (Å²) in [6.07, 6.45) is 3.96. The zero-order valence-electron chi connectivity index (χ0n) is 32.4. The number of nitrogens with two attached hydrogens (primary N) is 3. The Morgan fingerprint density at radius 3 is 1.05 bits per heavy atom. The highest BCUT2D eigenvalue weighted by atomic mass is 16.7. The zero-order valence-corrected chi connectivity index (χ0v) is 32.4. The highest BCUT2D eigenvalue weighted by Crippen LogP contribution is 2.17. The number of rotatable bonds is 18. The van der Waals surface area contributed by atoms with E-state index in [2.05, 4.69) is 0 Å². The normalized spacial score (nSPS) is 17.4. The predicted molar refractivity (Wildman–Crippen MR) is 210 cm³/mol. The first-order valence-corrected chi connectivity index (χ1v) is 19.3. The van der Waals surface area contributed by atoms with Crippen LogP contribution in [0.5, 0.6) is 0 Å². The standard InChI is InChI=1S/C14H17NO5.2C14H19NO4/c15-11(14(17)18)7-9-1-3-10(4-2-9)12(16)8-13-19-5-6-20-13;2*15-12(14(16)17)9-11-3-1-10(2-4-11)5-6-13-18-7-8-19-13/h1-4,11,13H,5-8,15H2,(H,17,18);2*1-4,12-13H,5-9,15H2,(H,16,17). The van der Waals surface area contributed by atoms with Crippen LogP contribution >= 0.6 is 0 Å². The molecule has 316 valence electrons. The minimum atomic E-state index is -1.04. The van der Waals surface area contributed by atoms with Gasteiger partial charge in [-0.2, -0.15) is 0 Å². The van der Waals surface area contributed by atoms with Crippen LogP contribution in [0.3, 0.4) is 0 Å². The second kappa shape index (κ2) is 24.3. The number of ketones is 1. The number of carboxylic acids is 3. The fourth-order valence-corrected chi connectivity index (χ4v) is 6.05. The molecule has 3 aromatic carbocycles. The maximum Gasteiger partial charge on any atom is 0.320 e. The van der Waals surface area contributed by atoms with Crippen molar-refractivity contribution in [3.8, 4) is 0 Å². The molecule has 3 aliphatic heterocycles. The molecule has 3 heterocycles. The number of carboxylic acid groups (broad SMARTS) is 3. The van der Waals surface area contributed by atoms with Crippen molar-refractivity contribution in [1.29, 1.82) is 0 Å². The van der Waals surface area contributed by atoms with Crippen LogP contribution in [0.2, 0.25) is 0 Å². The second-order valence-electron chi connectivity index (χ2n) is 14.0. The molecule has 16 heteroatoms. The number of aryl methyl sites for hydroxylation is 2. The molecule has 3 saturated heterocycles. The summed E-state index contributed by atoms with van der Waals surface area (Å²) in [7, 11) is 0. The van der Waals surface area contributed by atoms with Crippen molar-refractivity contribution in [1.82, 2.24) is 0 Å². The molecule has 0 saturated carbocycles. The Morgan fingerprint density at radius 1 is 0.466 bits per heavy atom. The maximum atomic E-state index is 12.0. The van der Waals surface area contributed by atoms with Crippen LogP contribution in [-0.4, -0.2) is 116 Å². The SMILES string of the molecule is NC(Cc1ccc(C(=O)CC2OCCO2)cc1)C(=O)O.NC(Cc1ccc(CCC2OCCO2)cc1)C(=O)O.NC(Cc1ccc(CCC2OCCO2)cc1)C(=O)O. The van der Waals surface area contributed by atoms with Gasteiger partial charge in [0.15, 0.2) is 24.7 Å². The van der Waals surface area contributed by atoms with Gasteiger partial charge < -0.3 is 60.9 Å². The van der Waals surface area contributed by atoms with Gasteiger partial charge >= 0.3 is 17.9 Å². The van der Waals surface area contributed by atoms with Gasteiger partial charge in [-0.3, -0.25) is 19.2 Å². The number of benzene rings is 3. The zero-order chi connectivity index (χ0) is 41.9. The number of aliphatic carboxylic acids is 3. The first kappa shape index (κ1) is 46.1. The van der Waals surface area contributed by atoms with Gasteiger partial charge in [0.1, 0.15) is 18.1 Å². The molecule has 3 fully saturated rings. The first-order chi connectivity index (χ1) is 27.9. The maximum absolute atomic E-state index is 12.0. The van der Waals surface area contributed by atoms with Crippen molar-refractivity contribution in [2.24, 2.45) is 17.2 Å². The van der Waals surface area contributed by atoms with E-state index < -0.39 is 42.3 Å². The third kappa shape index (κ3) is 16.7. The van der Waals surface area contributed by atoms with E-state index in [1.165, 1.54) is 11.1 Å². The fourth-order valence-electron chi connectivity index (χ4n) is 6.05. The van der Waals surface area contributed by atoms with Crippen molar-refractivity contribution >= 4 is 23.7 Å². The lowest BCUT2D eigenvalue weighted by Crippen LogP contribution is -2.32. The molecular formula is C42H55N3O13. The number of Topliss-reactive ketones (excluding diaryl/α,β-unsaturated/α-hetero) is 1. The molecule has 0 spiro atoms. The third-order valence-electron chi connectivity index (χ3n) is 9.40. The Kier molecular flexibility index (Phi) is 19.3. The Morgan fingerprint density at radius 2 is 0.741 bits per heavy atom. The third-order valence-corrected chi connectivity index (χ3v) is 9.40. The van der Waals surface area contributed by atoms with Crippen LogP contribution in [-0.2, 0) is 74.9 Å². The van der Waals surface area contributed by atoms with Crippen molar-refractivity contribution in [3.63, 3.8) is 0 Å². The highest BCUT2D eigenvalue weighted by molar-refractivity contribution is 5.96. The van der Waals surface area contributed by atoms with Gasteiger partial charge in [0.05, 0.1) is 46.1 Å². The second-order valence-corrected chi connectivity index (χ2v) is 14.0. The number of ether oxygens (including phenoxy) is 6. The Hall–Kier alpha value is -4.62. The summed E-state index contributed by atoms with van der Waals surface area (Å²) in [4.78, 5) is 44.0. The molecule has 0 aliphatic carbocycles. The minimum absolute atomic E-state index is 0.0639. The van der Waals surface area contributed by atoms with Gasteiger partial charge in [0, 0.05) is 18.4 Å². The number of hydrogen-bond acceptors (Lipinski definition) is 13. The Bertz CT molecular complexity index is 1620. The largest absolute Gasteiger partial charge is 0.480 e. The predicted octanol–water partition coefficient (Wildman–Crippen LogP) is 2.48. The van der Waals surface area contributed by atoms with Gasteiger partial charge in [-0.1, -0.05) is 72.8 Å². The molecule has 9 N–H and O–H groups in total. The van der Waals surface area contributed by atoms with Crippen molar-refractivity contribution in [3.05, 3.63) is 106 Å². The molecular weight excluding hydrogens is 754 g/mol. The molecule has 3 aromatic rings. The van der Waals surface area contributed by atoms with E-state index in [-0.39, 0.29) is 31.2 Å². The molecule has 0 bridgehead atoms. The quantitative estimate of drug-likeness (QED) is 0.101. The molecule has 0 amide bonds. The lowest BCUT2D eigenvalue weighted by atomic mass is 10.0. The molecule has 0 radical (unpaired) electrons. The summed E-state index contributed by atoms with van der Waals surface area (Å²) in [5.41, 5.74) is 22.0. The van der Waals surface area contributed by atoms with Gasteiger partial charge in [-0.05, 0) is 59.9 Å². The van der Waals surface area contributed by atoms with E-state index in [1.54, 1.807) is 24.3 Å². The van der Waals surface area contributed by atoms with Crippen LogP contribution < -0.4 is 17.2 Å². The monoisotopic (exact) mass is 809 g/mol. The number of hydrogen-bond donors (Lipinski definition) is 6. The molecule has 58 heavy (non-hydrogen) atoms. The van der Waals surface area contributed by atoms with E-state index in [0.29, 0.717) is 58.0 Å². The summed E-state index contributed by atoms with van der Waals surface area (Å²) < 4.78 is 31.9. The average molecular weight is 810 g/mol. The van der Waals surface area contributed by atoms with Crippen molar-refractivity contribution < 1.29 is 62.9 Å². The summed E-state index contributed by atoms with van der Waals surface area (Å²) in [6, 6.07) is 19.8. The van der Waals surface area contributed by atoms with E-state index in [1.807, 2.05) is 48.5 Å². The lowest BCUT2D eigenvalue weighted by Gasteiger charge is -2.10. The van der Waals surface area contributed by atoms with Crippen LogP contribution in [0.15, 0.2) is 72.8 Å². The summed E-state index contributed by atoms with van der Waals surface area (Å²) in [5, 5.41) is 26.2. The van der Waals surface area contributed by atoms with Crippen LogP contribution in [0.1, 0.15) is 57.4 Å². The van der Waals surface area contributed by atoms with E-state index in [0.717, 1.165) is 42.4 Å².